The summed E-state index contributed by atoms with van der Waals surface area (Å²) >= 11 is 0. The topological polar surface area (TPSA) is 84.6 Å². The molecule has 1 amide bonds. The second kappa shape index (κ2) is 7.65. The summed E-state index contributed by atoms with van der Waals surface area (Å²) < 4.78 is 0. The molecule has 116 valence electrons. The molecule has 0 spiro atoms. The minimum Gasteiger partial charge on any atom is -0.268 e. The van der Waals surface area contributed by atoms with Crippen LogP contribution in [0.3, 0.4) is 0 Å². The Balaban J connectivity index is 1.92. The number of hydrogen-bond acceptors (Lipinski definition) is 4. The van der Waals surface area contributed by atoms with Gasteiger partial charge in [0.15, 0.2) is 0 Å². The van der Waals surface area contributed by atoms with Crippen LogP contribution in [0.15, 0.2) is 59.7 Å². The third kappa shape index (κ3) is 5.20. The fourth-order valence-electron chi connectivity index (χ4n) is 1.78. The van der Waals surface area contributed by atoms with Gasteiger partial charge in [0.25, 0.3) is 11.6 Å². The van der Waals surface area contributed by atoms with Gasteiger partial charge in [-0.25, -0.2) is 5.43 Å². The summed E-state index contributed by atoms with van der Waals surface area (Å²) in [5.74, 6) is -0.382. The molecule has 0 atom stereocenters. The van der Waals surface area contributed by atoms with E-state index in [4.69, 9.17) is 0 Å². The highest BCUT2D eigenvalue weighted by Gasteiger charge is 2.03. The van der Waals surface area contributed by atoms with Gasteiger partial charge in [0, 0.05) is 23.8 Å². The van der Waals surface area contributed by atoms with Gasteiger partial charge in [-0.2, -0.15) is 5.10 Å². The molecule has 0 aliphatic heterocycles. The van der Waals surface area contributed by atoms with Crippen LogP contribution in [0.25, 0.3) is 6.08 Å². The van der Waals surface area contributed by atoms with Crippen molar-refractivity contribution >= 4 is 23.9 Å². The number of carbonyl (C=O) groups excluding carboxylic acids is 1. The Morgan fingerprint density at radius 2 is 1.91 bits per heavy atom. The molecule has 6 heteroatoms. The molecule has 23 heavy (non-hydrogen) atoms. The van der Waals surface area contributed by atoms with Gasteiger partial charge in [0.2, 0.25) is 0 Å². The van der Waals surface area contributed by atoms with E-state index in [-0.39, 0.29) is 11.6 Å². The Hall–Kier alpha value is -3.28. The number of nitrogens with zero attached hydrogens (tertiary/aromatic N) is 2. The Labute approximate surface area is 133 Å². The molecular formula is C17H15N3O3. The third-order valence-electron chi connectivity index (χ3n) is 2.97. The lowest BCUT2D eigenvalue weighted by Crippen LogP contribution is -2.14. The summed E-state index contributed by atoms with van der Waals surface area (Å²) in [7, 11) is 0. The standard InChI is InChI=1S/C17H15N3O3/c1-13-5-7-14(8-6-13)9-10-17(21)19-18-12-15-3-2-4-16(11-15)20(22)23/h2-12H,1H3,(H,19,21)/b10-9+,18-12-. The number of hydrazone groups is 1. The first-order valence-electron chi connectivity index (χ1n) is 6.87. The maximum atomic E-state index is 11.6. The monoisotopic (exact) mass is 309 g/mol. The fraction of sp³-hybridized carbons (Fsp3) is 0.0588. The Morgan fingerprint density at radius 3 is 2.61 bits per heavy atom. The molecular weight excluding hydrogens is 294 g/mol. The van der Waals surface area contributed by atoms with Gasteiger partial charge in [0.1, 0.15) is 0 Å². The molecule has 2 aromatic rings. The van der Waals surface area contributed by atoms with E-state index in [1.165, 1.54) is 24.4 Å². The average molecular weight is 309 g/mol. The van der Waals surface area contributed by atoms with E-state index in [2.05, 4.69) is 10.5 Å². The van der Waals surface area contributed by atoms with Crippen LogP contribution in [-0.2, 0) is 4.79 Å². The van der Waals surface area contributed by atoms with Crippen molar-refractivity contribution in [3.8, 4) is 0 Å². The number of hydrogen-bond donors (Lipinski definition) is 1. The van der Waals surface area contributed by atoms with Crippen LogP contribution in [-0.4, -0.2) is 17.0 Å². The van der Waals surface area contributed by atoms with E-state index in [0.29, 0.717) is 5.56 Å². The summed E-state index contributed by atoms with van der Waals surface area (Å²) in [5, 5.41) is 14.4. The molecule has 0 saturated carbocycles. The molecule has 2 aromatic carbocycles. The minimum atomic E-state index is -0.486. The van der Waals surface area contributed by atoms with Crippen LogP contribution in [0, 0.1) is 17.0 Å². The van der Waals surface area contributed by atoms with E-state index < -0.39 is 4.92 Å². The van der Waals surface area contributed by atoms with E-state index in [1.54, 1.807) is 18.2 Å². The van der Waals surface area contributed by atoms with Gasteiger partial charge in [-0.3, -0.25) is 14.9 Å². The fourth-order valence-corrected chi connectivity index (χ4v) is 1.78. The number of non-ortho nitro benzene ring substituents is 1. The van der Waals surface area contributed by atoms with Crippen molar-refractivity contribution in [2.75, 3.05) is 0 Å². The first kappa shape index (κ1) is 16.1. The second-order valence-corrected chi connectivity index (χ2v) is 4.83. The van der Waals surface area contributed by atoms with Crippen molar-refractivity contribution in [1.29, 1.82) is 0 Å². The molecule has 0 unspecified atom stereocenters. The maximum absolute atomic E-state index is 11.6. The van der Waals surface area contributed by atoms with Gasteiger partial charge >= 0.3 is 0 Å². The SMILES string of the molecule is Cc1ccc(/C=C/C(=O)N/N=C\c2cccc([N+](=O)[O-])c2)cc1. The third-order valence-corrected chi connectivity index (χ3v) is 2.97. The molecule has 0 aromatic heterocycles. The lowest BCUT2D eigenvalue weighted by atomic mass is 10.1. The first-order valence-corrected chi connectivity index (χ1v) is 6.87. The highest BCUT2D eigenvalue weighted by molar-refractivity contribution is 5.92. The quantitative estimate of drug-likeness (QED) is 0.398. The van der Waals surface area contributed by atoms with Crippen molar-refractivity contribution in [2.45, 2.75) is 6.92 Å². The Bertz CT molecular complexity index is 765. The summed E-state index contributed by atoms with van der Waals surface area (Å²) in [4.78, 5) is 21.8. The van der Waals surface area contributed by atoms with Crippen molar-refractivity contribution in [3.05, 3.63) is 81.4 Å². The van der Waals surface area contributed by atoms with Crippen LogP contribution < -0.4 is 5.43 Å². The summed E-state index contributed by atoms with van der Waals surface area (Å²) in [5.41, 5.74) is 4.89. The lowest BCUT2D eigenvalue weighted by Gasteiger charge is -1.96. The largest absolute Gasteiger partial charge is 0.270 e. The summed E-state index contributed by atoms with van der Waals surface area (Å²) in [6.07, 6.45) is 4.40. The highest BCUT2D eigenvalue weighted by Crippen LogP contribution is 2.11. The van der Waals surface area contributed by atoms with Gasteiger partial charge in [-0.15, -0.1) is 0 Å². The zero-order valence-electron chi connectivity index (χ0n) is 12.5. The van der Waals surface area contributed by atoms with Crippen molar-refractivity contribution < 1.29 is 9.72 Å². The van der Waals surface area contributed by atoms with E-state index >= 15 is 0 Å². The van der Waals surface area contributed by atoms with E-state index in [0.717, 1.165) is 11.1 Å². The van der Waals surface area contributed by atoms with Crippen LogP contribution in [0.2, 0.25) is 0 Å². The summed E-state index contributed by atoms with van der Waals surface area (Å²) in [6.45, 7) is 1.99. The highest BCUT2D eigenvalue weighted by atomic mass is 16.6. The van der Waals surface area contributed by atoms with Gasteiger partial charge in [-0.1, -0.05) is 42.0 Å². The minimum absolute atomic E-state index is 0.0282. The van der Waals surface area contributed by atoms with Crippen LogP contribution in [0.5, 0.6) is 0 Å². The average Bonchev–Trinajstić information content (AvgIpc) is 2.54. The van der Waals surface area contributed by atoms with Gasteiger partial charge in [0.05, 0.1) is 11.1 Å². The molecule has 0 heterocycles. The second-order valence-electron chi connectivity index (χ2n) is 4.83. The lowest BCUT2D eigenvalue weighted by molar-refractivity contribution is -0.384. The molecule has 0 aliphatic rings. The molecule has 0 fully saturated rings. The Morgan fingerprint density at radius 1 is 1.17 bits per heavy atom. The zero-order chi connectivity index (χ0) is 16.7. The van der Waals surface area contributed by atoms with Crippen LogP contribution in [0.4, 0.5) is 5.69 Å². The van der Waals surface area contributed by atoms with Crippen LogP contribution >= 0.6 is 0 Å². The number of nitrogens with one attached hydrogen (secondary N) is 1. The maximum Gasteiger partial charge on any atom is 0.270 e. The molecule has 0 bridgehead atoms. The molecule has 0 saturated heterocycles. The smallest absolute Gasteiger partial charge is 0.268 e. The molecule has 2 rings (SSSR count). The van der Waals surface area contributed by atoms with Crippen LogP contribution in [0.1, 0.15) is 16.7 Å². The number of rotatable bonds is 5. The van der Waals surface area contributed by atoms with E-state index in [1.807, 2.05) is 31.2 Å². The van der Waals surface area contributed by atoms with Crippen molar-refractivity contribution in [1.82, 2.24) is 5.43 Å². The van der Waals surface area contributed by atoms with E-state index in [9.17, 15) is 14.9 Å². The number of carbonyl (C=O) groups is 1. The number of nitro benzene ring substituents is 1. The van der Waals surface area contributed by atoms with Gasteiger partial charge in [-0.05, 0) is 18.6 Å². The van der Waals surface area contributed by atoms with Crippen molar-refractivity contribution in [2.24, 2.45) is 5.10 Å². The normalized spacial score (nSPS) is 11.0. The molecule has 0 radical (unpaired) electrons. The molecule has 6 nitrogen and oxygen atoms in total. The van der Waals surface area contributed by atoms with Crippen molar-refractivity contribution in [3.63, 3.8) is 0 Å². The predicted molar refractivity (Wildman–Crippen MR) is 89.0 cm³/mol. The molecule has 0 aliphatic carbocycles. The number of aryl methyl sites for hydroxylation is 1. The Kier molecular flexibility index (Phi) is 5.35. The molecule has 1 N–H and O–H groups in total. The zero-order valence-corrected chi connectivity index (χ0v) is 12.5. The predicted octanol–water partition coefficient (Wildman–Crippen LogP) is 3.07. The summed E-state index contributed by atoms with van der Waals surface area (Å²) in [6, 6.07) is 13.7. The first-order chi connectivity index (χ1) is 11.0. The van der Waals surface area contributed by atoms with Gasteiger partial charge < -0.3 is 0 Å². The number of amides is 1. The number of nitro groups is 1. The number of benzene rings is 2.